The fourth-order valence-electron chi connectivity index (χ4n) is 1.11. The molecule has 2 aromatic heterocycles. The number of fused-ring (bicyclic) bond motifs is 1. The van der Waals surface area contributed by atoms with Crippen molar-refractivity contribution < 1.29 is 5.21 Å². The lowest BCUT2D eigenvalue weighted by Gasteiger charge is -1.92. The molecule has 2 heterocycles. The highest BCUT2D eigenvalue weighted by Gasteiger charge is 2.04. The van der Waals surface area contributed by atoms with E-state index in [1.165, 1.54) is 0 Å². The van der Waals surface area contributed by atoms with Gasteiger partial charge in [0.2, 0.25) is 0 Å². The minimum Gasteiger partial charge on any atom is -0.306 e. The first kappa shape index (κ1) is 7.75. The molecule has 0 amide bonds. The third-order valence-corrected chi connectivity index (χ3v) is 1.73. The summed E-state index contributed by atoms with van der Waals surface area (Å²) in [5.74, 6) is -0.108. The van der Waals surface area contributed by atoms with Crippen molar-refractivity contribution in [3.63, 3.8) is 0 Å². The first-order chi connectivity index (χ1) is 6.31. The minimum atomic E-state index is -0.108. The summed E-state index contributed by atoms with van der Waals surface area (Å²) in [4.78, 5) is 4.10. The number of rotatable bonds is 1. The molecule has 0 atom stereocenters. The molecule has 0 fully saturated rings. The summed E-state index contributed by atoms with van der Waals surface area (Å²) >= 11 is 0. The fraction of sp³-hybridized carbons (Fsp3) is 0. The Morgan fingerprint density at radius 3 is 3.08 bits per heavy atom. The zero-order valence-corrected chi connectivity index (χ0v) is 6.73. The first-order valence-corrected chi connectivity index (χ1v) is 3.74. The van der Waals surface area contributed by atoms with Crippen LogP contribution in [0.2, 0.25) is 0 Å². The largest absolute Gasteiger partial charge is 0.306 e. The average molecular weight is 176 g/mol. The lowest BCUT2D eigenvalue weighted by Crippen LogP contribution is -2.18. The summed E-state index contributed by atoms with van der Waals surface area (Å²) in [5.41, 5.74) is 2.91. The van der Waals surface area contributed by atoms with E-state index in [-0.39, 0.29) is 5.84 Å². The molecule has 13 heavy (non-hydrogen) atoms. The Morgan fingerprint density at radius 2 is 2.38 bits per heavy atom. The molecule has 0 aliphatic carbocycles. The van der Waals surface area contributed by atoms with Crippen LogP contribution in [0.15, 0.2) is 30.6 Å². The third kappa shape index (κ3) is 1.25. The Bertz CT molecular complexity index is 415. The average Bonchev–Trinajstić information content (AvgIpc) is 2.59. The Kier molecular flexibility index (Phi) is 1.71. The molecule has 0 aliphatic rings. The van der Waals surface area contributed by atoms with E-state index in [1.54, 1.807) is 16.1 Å². The van der Waals surface area contributed by atoms with Crippen molar-refractivity contribution in [3.05, 3.63) is 36.3 Å². The van der Waals surface area contributed by atoms with Gasteiger partial charge in [-0.3, -0.25) is 16.1 Å². The van der Waals surface area contributed by atoms with Crippen molar-refractivity contribution in [1.29, 1.82) is 5.41 Å². The van der Waals surface area contributed by atoms with Crippen molar-refractivity contribution in [2.24, 2.45) is 0 Å². The van der Waals surface area contributed by atoms with Gasteiger partial charge in [0.15, 0.2) is 5.84 Å². The maximum absolute atomic E-state index is 8.49. The molecule has 0 aliphatic heterocycles. The number of pyridine rings is 1. The SMILES string of the molecule is N=C(NO)c1cn2ccccc2n1. The van der Waals surface area contributed by atoms with Gasteiger partial charge in [-0.1, -0.05) is 6.07 Å². The van der Waals surface area contributed by atoms with E-state index in [0.717, 1.165) is 5.65 Å². The second kappa shape index (κ2) is 2.87. The van der Waals surface area contributed by atoms with Crippen molar-refractivity contribution in [2.75, 3.05) is 0 Å². The van der Waals surface area contributed by atoms with Gasteiger partial charge in [-0.25, -0.2) is 4.98 Å². The van der Waals surface area contributed by atoms with Gasteiger partial charge in [-0.2, -0.15) is 0 Å². The van der Waals surface area contributed by atoms with Gasteiger partial charge >= 0.3 is 0 Å². The van der Waals surface area contributed by atoms with Crippen LogP contribution in [-0.4, -0.2) is 20.4 Å². The molecule has 0 spiro atoms. The third-order valence-electron chi connectivity index (χ3n) is 1.73. The Hall–Kier alpha value is -1.88. The van der Waals surface area contributed by atoms with Crippen molar-refractivity contribution in [1.82, 2.24) is 14.9 Å². The molecule has 2 rings (SSSR count). The molecule has 0 bridgehead atoms. The van der Waals surface area contributed by atoms with Crippen molar-refractivity contribution in [2.45, 2.75) is 0 Å². The van der Waals surface area contributed by atoms with Gasteiger partial charge in [0, 0.05) is 12.4 Å². The van der Waals surface area contributed by atoms with Crippen LogP contribution in [-0.2, 0) is 0 Å². The van der Waals surface area contributed by atoms with Crippen LogP contribution in [0.25, 0.3) is 5.65 Å². The van der Waals surface area contributed by atoms with E-state index < -0.39 is 0 Å². The molecule has 0 unspecified atom stereocenters. The van der Waals surface area contributed by atoms with Crippen LogP contribution in [0.5, 0.6) is 0 Å². The number of nitrogens with zero attached hydrogens (tertiary/aromatic N) is 2. The lowest BCUT2D eigenvalue weighted by molar-refractivity contribution is 0.234. The van der Waals surface area contributed by atoms with Crippen molar-refractivity contribution in [3.8, 4) is 0 Å². The maximum Gasteiger partial charge on any atom is 0.169 e. The molecule has 2 aromatic rings. The highest BCUT2D eigenvalue weighted by Crippen LogP contribution is 2.03. The monoisotopic (exact) mass is 176 g/mol. The van der Waals surface area contributed by atoms with E-state index in [1.807, 2.05) is 24.4 Å². The number of imidazole rings is 1. The summed E-state index contributed by atoms with van der Waals surface area (Å²) in [6.45, 7) is 0. The molecule has 3 N–H and O–H groups in total. The Balaban J connectivity index is 2.56. The van der Waals surface area contributed by atoms with Crippen LogP contribution in [0.3, 0.4) is 0 Å². The first-order valence-electron chi connectivity index (χ1n) is 3.74. The fourth-order valence-corrected chi connectivity index (χ4v) is 1.11. The van der Waals surface area contributed by atoms with Crippen LogP contribution >= 0.6 is 0 Å². The number of nitrogens with one attached hydrogen (secondary N) is 2. The predicted octanol–water partition coefficient (Wildman–Crippen LogP) is 0.638. The molecule has 0 saturated carbocycles. The topological polar surface area (TPSA) is 73.4 Å². The van der Waals surface area contributed by atoms with E-state index in [2.05, 4.69) is 4.98 Å². The predicted molar refractivity (Wildman–Crippen MR) is 46.9 cm³/mol. The van der Waals surface area contributed by atoms with Crippen molar-refractivity contribution >= 4 is 11.5 Å². The molecule has 5 heteroatoms. The van der Waals surface area contributed by atoms with E-state index in [4.69, 9.17) is 10.6 Å². The van der Waals surface area contributed by atoms with E-state index in [0.29, 0.717) is 5.69 Å². The molecule has 0 aromatic carbocycles. The summed E-state index contributed by atoms with van der Waals surface area (Å²) in [6.07, 6.45) is 3.50. The van der Waals surface area contributed by atoms with Gasteiger partial charge in [-0.15, -0.1) is 0 Å². The number of hydrogen-bond acceptors (Lipinski definition) is 3. The zero-order chi connectivity index (χ0) is 9.26. The molecule has 0 radical (unpaired) electrons. The summed E-state index contributed by atoms with van der Waals surface area (Å²) in [5, 5.41) is 15.8. The molecular weight excluding hydrogens is 168 g/mol. The van der Waals surface area contributed by atoms with Gasteiger partial charge in [0.05, 0.1) is 0 Å². The zero-order valence-electron chi connectivity index (χ0n) is 6.73. The Morgan fingerprint density at radius 1 is 1.54 bits per heavy atom. The summed E-state index contributed by atoms with van der Waals surface area (Å²) in [6, 6.07) is 5.56. The lowest BCUT2D eigenvalue weighted by atomic mass is 10.4. The Labute approximate surface area is 74.1 Å². The second-order valence-corrected chi connectivity index (χ2v) is 2.58. The normalized spacial score (nSPS) is 10.2. The van der Waals surface area contributed by atoms with Gasteiger partial charge in [0.1, 0.15) is 11.3 Å². The van der Waals surface area contributed by atoms with Crippen LogP contribution in [0, 0.1) is 5.41 Å². The number of hydroxylamine groups is 1. The quantitative estimate of drug-likeness (QED) is 0.339. The molecule has 5 nitrogen and oxygen atoms in total. The number of amidine groups is 1. The smallest absolute Gasteiger partial charge is 0.169 e. The highest BCUT2D eigenvalue weighted by atomic mass is 16.5. The maximum atomic E-state index is 8.49. The highest BCUT2D eigenvalue weighted by molar-refractivity contribution is 5.94. The molecule has 0 saturated heterocycles. The van der Waals surface area contributed by atoms with Crippen LogP contribution in [0.4, 0.5) is 0 Å². The van der Waals surface area contributed by atoms with E-state index in [9.17, 15) is 0 Å². The van der Waals surface area contributed by atoms with Gasteiger partial charge in [-0.05, 0) is 12.1 Å². The molecule has 66 valence electrons. The van der Waals surface area contributed by atoms with Gasteiger partial charge < -0.3 is 4.40 Å². The summed E-state index contributed by atoms with van der Waals surface area (Å²) < 4.78 is 1.78. The number of aromatic nitrogens is 2. The summed E-state index contributed by atoms with van der Waals surface area (Å²) in [7, 11) is 0. The second-order valence-electron chi connectivity index (χ2n) is 2.58. The van der Waals surface area contributed by atoms with Crippen LogP contribution in [0.1, 0.15) is 5.69 Å². The minimum absolute atomic E-state index is 0.108. The van der Waals surface area contributed by atoms with Crippen LogP contribution < -0.4 is 5.48 Å². The van der Waals surface area contributed by atoms with Gasteiger partial charge in [0.25, 0.3) is 0 Å². The number of hydrogen-bond donors (Lipinski definition) is 3. The molecular formula is C8H8N4O. The van der Waals surface area contributed by atoms with E-state index >= 15 is 0 Å². The standard InChI is InChI=1S/C8H8N4O/c9-8(11-13)6-5-12-4-2-1-3-7(12)10-6/h1-5,13H,(H2,9,11).